The van der Waals surface area contributed by atoms with E-state index in [4.69, 9.17) is 11.6 Å². The Balaban J connectivity index is 2.49. The van der Waals surface area contributed by atoms with Gasteiger partial charge in [-0.2, -0.15) is 0 Å². The molecule has 2 rings (SSSR count). The first-order valence-corrected chi connectivity index (χ1v) is 4.52. The van der Waals surface area contributed by atoms with E-state index in [1.165, 1.54) is 0 Å². The van der Waals surface area contributed by atoms with Crippen LogP contribution in [0.15, 0.2) is 12.1 Å². The van der Waals surface area contributed by atoms with Crippen molar-refractivity contribution in [3.05, 3.63) is 34.1 Å². The van der Waals surface area contributed by atoms with Crippen molar-refractivity contribution >= 4 is 11.6 Å². The third kappa shape index (κ3) is 1.22. The number of hydrogen-bond acceptors (Lipinski definition) is 0. The molecule has 1 aromatic carbocycles. The zero-order valence-corrected chi connectivity index (χ0v) is 7.66. The molecule has 0 bridgehead atoms. The Morgan fingerprint density at radius 2 is 2.08 bits per heavy atom. The standard InChI is InChI=1S/C10H10ClF/c1-6-2-5-8(7-3-4-7)10(12)9(6)11/h2,5,7H,3-4H2,1H3. The molecule has 1 fully saturated rings. The molecule has 0 aliphatic heterocycles. The Hall–Kier alpha value is -0.560. The Morgan fingerprint density at radius 3 is 2.67 bits per heavy atom. The Kier molecular flexibility index (Phi) is 1.84. The fourth-order valence-electron chi connectivity index (χ4n) is 1.37. The minimum atomic E-state index is -0.209. The van der Waals surface area contributed by atoms with Crippen molar-refractivity contribution in [3.63, 3.8) is 0 Å². The lowest BCUT2D eigenvalue weighted by atomic mass is 10.1. The Labute approximate surface area is 76.4 Å². The van der Waals surface area contributed by atoms with Crippen molar-refractivity contribution < 1.29 is 4.39 Å². The number of hydrogen-bond donors (Lipinski definition) is 0. The van der Waals surface area contributed by atoms with Crippen LogP contribution < -0.4 is 0 Å². The molecule has 2 heteroatoms. The highest BCUT2D eigenvalue weighted by Crippen LogP contribution is 2.42. The van der Waals surface area contributed by atoms with Gasteiger partial charge in [0.2, 0.25) is 0 Å². The molecule has 1 saturated carbocycles. The molecule has 0 aromatic heterocycles. The summed E-state index contributed by atoms with van der Waals surface area (Å²) in [5.74, 6) is 0.224. The lowest BCUT2D eigenvalue weighted by Crippen LogP contribution is -1.90. The van der Waals surface area contributed by atoms with Gasteiger partial charge in [-0.3, -0.25) is 0 Å². The van der Waals surface area contributed by atoms with Crippen molar-refractivity contribution in [2.24, 2.45) is 0 Å². The van der Waals surface area contributed by atoms with E-state index in [-0.39, 0.29) is 5.82 Å². The van der Waals surface area contributed by atoms with Crippen LogP contribution in [0.5, 0.6) is 0 Å². The first-order valence-electron chi connectivity index (χ1n) is 4.14. The molecule has 64 valence electrons. The van der Waals surface area contributed by atoms with Crippen molar-refractivity contribution in [1.29, 1.82) is 0 Å². The van der Waals surface area contributed by atoms with Gasteiger partial charge < -0.3 is 0 Å². The van der Waals surface area contributed by atoms with Crippen LogP contribution in [0.1, 0.15) is 29.9 Å². The highest BCUT2D eigenvalue weighted by Gasteiger charge is 2.27. The molecule has 0 atom stereocenters. The van der Waals surface area contributed by atoms with E-state index in [0.717, 1.165) is 24.0 Å². The summed E-state index contributed by atoms with van der Waals surface area (Å²) in [5.41, 5.74) is 1.61. The third-order valence-electron chi connectivity index (χ3n) is 2.32. The van der Waals surface area contributed by atoms with Gasteiger partial charge in [-0.1, -0.05) is 23.7 Å². The summed E-state index contributed by atoms with van der Waals surface area (Å²) in [6.45, 7) is 1.82. The lowest BCUT2D eigenvalue weighted by Gasteiger charge is -2.04. The fraction of sp³-hybridized carbons (Fsp3) is 0.400. The van der Waals surface area contributed by atoms with Gasteiger partial charge in [0.15, 0.2) is 0 Å². The van der Waals surface area contributed by atoms with Gasteiger partial charge in [0, 0.05) is 0 Å². The molecule has 0 spiro atoms. The van der Waals surface area contributed by atoms with Crippen molar-refractivity contribution in [3.8, 4) is 0 Å². The maximum Gasteiger partial charge on any atom is 0.145 e. The second-order valence-electron chi connectivity index (χ2n) is 3.37. The third-order valence-corrected chi connectivity index (χ3v) is 2.79. The van der Waals surface area contributed by atoms with Crippen LogP contribution in [0, 0.1) is 12.7 Å². The highest BCUT2D eigenvalue weighted by molar-refractivity contribution is 6.31. The van der Waals surface area contributed by atoms with Gasteiger partial charge in [-0.05, 0) is 36.8 Å². The highest BCUT2D eigenvalue weighted by atomic mass is 35.5. The van der Waals surface area contributed by atoms with Crippen molar-refractivity contribution in [2.75, 3.05) is 0 Å². The monoisotopic (exact) mass is 184 g/mol. The maximum atomic E-state index is 13.4. The van der Waals surface area contributed by atoms with E-state index >= 15 is 0 Å². The summed E-state index contributed by atoms with van der Waals surface area (Å²) in [7, 11) is 0. The lowest BCUT2D eigenvalue weighted by molar-refractivity contribution is 0.610. The summed E-state index contributed by atoms with van der Waals surface area (Å²) < 4.78 is 13.4. The summed E-state index contributed by atoms with van der Waals surface area (Å²) in [6.07, 6.45) is 2.21. The van der Waals surface area contributed by atoms with E-state index in [0.29, 0.717) is 10.9 Å². The second-order valence-corrected chi connectivity index (χ2v) is 3.75. The van der Waals surface area contributed by atoms with Gasteiger partial charge in [0.25, 0.3) is 0 Å². The molecule has 1 aliphatic rings. The van der Waals surface area contributed by atoms with Gasteiger partial charge in [-0.25, -0.2) is 4.39 Å². The van der Waals surface area contributed by atoms with Crippen molar-refractivity contribution in [1.82, 2.24) is 0 Å². The predicted octanol–water partition coefficient (Wildman–Crippen LogP) is 3.66. The molecule has 1 aliphatic carbocycles. The zero-order chi connectivity index (χ0) is 8.72. The summed E-state index contributed by atoms with van der Waals surface area (Å²) in [4.78, 5) is 0. The molecule has 0 N–H and O–H groups in total. The molecule has 0 unspecified atom stereocenters. The molecule has 12 heavy (non-hydrogen) atoms. The molecule has 0 nitrogen and oxygen atoms in total. The minimum Gasteiger partial charge on any atom is -0.205 e. The SMILES string of the molecule is Cc1ccc(C2CC2)c(F)c1Cl. The largest absolute Gasteiger partial charge is 0.205 e. The minimum absolute atomic E-state index is 0.209. The molecular weight excluding hydrogens is 175 g/mol. The number of rotatable bonds is 1. The fourth-order valence-corrected chi connectivity index (χ4v) is 1.54. The van der Waals surface area contributed by atoms with Crippen molar-refractivity contribution in [2.45, 2.75) is 25.7 Å². The molecular formula is C10H10ClF. The zero-order valence-electron chi connectivity index (χ0n) is 6.90. The van der Waals surface area contributed by atoms with Crippen LogP contribution in [-0.4, -0.2) is 0 Å². The van der Waals surface area contributed by atoms with Gasteiger partial charge in [0.05, 0.1) is 5.02 Å². The maximum absolute atomic E-state index is 13.4. The molecule has 1 aromatic rings. The quantitative estimate of drug-likeness (QED) is 0.625. The van der Waals surface area contributed by atoms with Gasteiger partial charge in [0.1, 0.15) is 5.82 Å². The van der Waals surface area contributed by atoms with Gasteiger partial charge >= 0.3 is 0 Å². The Bertz CT molecular complexity index is 316. The Morgan fingerprint density at radius 1 is 1.42 bits per heavy atom. The summed E-state index contributed by atoms with van der Waals surface area (Å²) in [6, 6.07) is 3.74. The van der Waals surface area contributed by atoms with E-state index < -0.39 is 0 Å². The van der Waals surface area contributed by atoms with Gasteiger partial charge in [-0.15, -0.1) is 0 Å². The first kappa shape index (κ1) is 8.06. The average Bonchev–Trinajstić information content (AvgIpc) is 2.84. The average molecular weight is 185 g/mol. The van der Waals surface area contributed by atoms with E-state index in [1.54, 1.807) is 0 Å². The predicted molar refractivity (Wildman–Crippen MR) is 48.1 cm³/mol. The molecule has 0 amide bonds. The van der Waals surface area contributed by atoms with Crippen LogP contribution >= 0.6 is 11.6 Å². The first-order chi connectivity index (χ1) is 5.70. The number of halogens is 2. The van der Waals surface area contributed by atoms with Crippen LogP contribution in [0.3, 0.4) is 0 Å². The van der Waals surface area contributed by atoms with Crippen LogP contribution in [0.25, 0.3) is 0 Å². The summed E-state index contributed by atoms with van der Waals surface area (Å²) >= 11 is 5.78. The molecule has 0 heterocycles. The smallest absolute Gasteiger partial charge is 0.145 e. The number of benzene rings is 1. The number of aryl methyl sites for hydroxylation is 1. The molecule has 0 radical (unpaired) electrons. The van der Waals surface area contributed by atoms with E-state index in [1.807, 2.05) is 19.1 Å². The van der Waals surface area contributed by atoms with E-state index in [9.17, 15) is 4.39 Å². The van der Waals surface area contributed by atoms with E-state index in [2.05, 4.69) is 0 Å². The molecule has 0 saturated heterocycles. The topological polar surface area (TPSA) is 0 Å². The van der Waals surface area contributed by atoms with Crippen LogP contribution in [0.2, 0.25) is 5.02 Å². The second kappa shape index (κ2) is 2.74. The normalized spacial score (nSPS) is 16.6. The van der Waals surface area contributed by atoms with Crippen LogP contribution in [0.4, 0.5) is 4.39 Å². The summed E-state index contributed by atoms with van der Waals surface area (Å²) in [5, 5.41) is 0.291. The van der Waals surface area contributed by atoms with Crippen LogP contribution in [-0.2, 0) is 0 Å².